The number of ketones is 1. The van der Waals surface area contributed by atoms with E-state index in [0.29, 0.717) is 10.6 Å². The maximum Gasteiger partial charge on any atom is 0.186 e. The summed E-state index contributed by atoms with van der Waals surface area (Å²) < 4.78 is 12.8. The lowest BCUT2D eigenvalue weighted by molar-refractivity contribution is 0.104. The van der Waals surface area contributed by atoms with E-state index in [4.69, 9.17) is 11.6 Å². The smallest absolute Gasteiger partial charge is 0.186 e. The van der Waals surface area contributed by atoms with E-state index in [1.54, 1.807) is 0 Å². The molecule has 0 unspecified atom stereocenters. The van der Waals surface area contributed by atoms with Crippen LogP contribution in [0.15, 0.2) is 35.4 Å². The average molecular weight is 325 g/mol. The Hall–Kier alpha value is -1.15. The number of halogens is 2. The molecule has 0 spiro atoms. The molecule has 0 aliphatic carbocycles. The van der Waals surface area contributed by atoms with Gasteiger partial charge < -0.3 is 0 Å². The molecule has 0 aliphatic heterocycles. The van der Waals surface area contributed by atoms with Crippen molar-refractivity contribution in [3.63, 3.8) is 0 Å². The van der Waals surface area contributed by atoms with Crippen molar-refractivity contribution in [2.75, 3.05) is 0 Å². The number of benzene rings is 1. The Bertz CT molecular complexity index is 465. The van der Waals surface area contributed by atoms with Gasteiger partial charge in [-0.15, -0.1) is 0 Å². The Morgan fingerprint density at radius 3 is 2.14 bits per heavy atom. The molecule has 1 rings (SSSR count). The van der Waals surface area contributed by atoms with Crippen LogP contribution < -0.4 is 0 Å². The van der Waals surface area contributed by atoms with Crippen molar-refractivity contribution in [1.82, 2.24) is 0 Å². The van der Waals surface area contributed by atoms with Crippen LogP contribution in [-0.2, 0) is 0 Å². The second-order valence-electron chi connectivity index (χ2n) is 5.69. The second kappa shape index (κ2) is 11.4. The molecular weight excluding hydrogens is 299 g/mol. The van der Waals surface area contributed by atoms with Crippen LogP contribution in [0.3, 0.4) is 0 Å². The van der Waals surface area contributed by atoms with Crippen molar-refractivity contribution in [3.05, 3.63) is 46.8 Å². The molecular formula is C19H26ClFO. The molecule has 122 valence electrons. The van der Waals surface area contributed by atoms with Gasteiger partial charge in [0, 0.05) is 16.7 Å². The van der Waals surface area contributed by atoms with Gasteiger partial charge >= 0.3 is 0 Å². The van der Waals surface area contributed by atoms with Gasteiger partial charge in [-0.1, -0.05) is 63.5 Å². The Balaban J connectivity index is 2.20. The molecule has 1 aromatic carbocycles. The van der Waals surface area contributed by atoms with Crippen LogP contribution in [0.1, 0.15) is 75.1 Å². The van der Waals surface area contributed by atoms with Gasteiger partial charge in [0.1, 0.15) is 5.82 Å². The summed E-state index contributed by atoms with van der Waals surface area (Å²) in [7, 11) is 0. The number of hydrogen-bond donors (Lipinski definition) is 0. The van der Waals surface area contributed by atoms with E-state index in [1.807, 2.05) is 0 Å². The third kappa shape index (κ3) is 8.33. The highest BCUT2D eigenvalue weighted by molar-refractivity contribution is 6.31. The molecule has 1 aromatic rings. The lowest BCUT2D eigenvalue weighted by Gasteiger charge is -2.02. The molecule has 0 saturated carbocycles. The molecule has 0 heterocycles. The zero-order valence-electron chi connectivity index (χ0n) is 13.4. The predicted molar refractivity (Wildman–Crippen MR) is 91.9 cm³/mol. The van der Waals surface area contributed by atoms with E-state index < -0.39 is 0 Å². The summed E-state index contributed by atoms with van der Waals surface area (Å²) in [5.41, 5.74) is 0.468. The van der Waals surface area contributed by atoms with Crippen LogP contribution in [-0.4, -0.2) is 5.78 Å². The highest BCUT2D eigenvalue weighted by Crippen LogP contribution is 2.16. The van der Waals surface area contributed by atoms with Crippen LogP contribution in [0.2, 0.25) is 0 Å². The monoisotopic (exact) mass is 324 g/mol. The lowest BCUT2D eigenvalue weighted by atomic mass is 10.1. The molecule has 0 atom stereocenters. The average Bonchev–Trinajstić information content (AvgIpc) is 2.50. The fraction of sp³-hybridized carbons (Fsp3) is 0.526. The van der Waals surface area contributed by atoms with Crippen molar-refractivity contribution < 1.29 is 9.18 Å². The number of unbranched alkanes of at least 4 members (excludes halogenated alkanes) is 7. The fourth-order valence-corrected chi connectivity index (χ4v) is 2.57. The molecule has 22 heavy (non-hydrogen) atoms. The van der Waals surface area contributed by atoms with E-state index in [2.05, 4.69) is 6.92 Å². The van der Waals surface area contributed by atoms with Gasteiger partial charge in [-0.2, -0.15) is 0 Å². The summed E-state index contributed by atoms with van der Waals surface area (Å²) >= 11 is 6.10. The van der Waals surface area contributed by atoms with Gasteiger partial charge in [0.05, 0.1) is 0 Å². The summed E-state index contributed by atoms with van der Waals surface area (Å²) in [4.78, 5) is 11.9. The standard InChI is InChI=1S/C19H26ClFO/c1-2-3-4-5-6-7-8-9-10-17(20)15-19(22)16-11-13-18(21)14-12-16/h11-15H,2-10H2,1H3/b17-15+. The zero-order chi connectivity index (χ0) is 16.2. The summed E-state index contributed by atoms with van der Waals surface area (Å²) in [6.45, 7) is 2.22. The molecule has 0 bridgehead atoms. The first-order valence-electron chi connectivity index (χ1n) is 8.29. The summed E-state index contributed by atoms with van der Waals surface area (Å²) in [6.07, 6.45) is 12.2. The maximum absolute atomic E-state index is 12.8. The first-order chi connectivity index (χ1) is 10.6. The normalized spacial score (nSPS) is 11.7. The third-order valence-electron chi connectivity index (χ3n) is 3.69. The molecule has 1 nitrogen and oxygen atoms in total. The fourth-order valence-electron chi connectivity index (χ4n) is 2.34. The summed E-state index contributed by atoms with van der Waals surface area (Å²) in [5.74, 6) is -0.505. The first-order valence-corrected chi connectivity index (χ1v) is 8.67. The van der Waals surface area contributed by atoms with Crippen LogP contribution >= 0.6 is 11.6 Å². The Kier molecular flexibility index (Phi) is 9.81. The minimum absolute atomic E-state index is 0.162. The lowest BCUT2D eigenvalue weighted by Crippen LogP contribution is -1.95. The first kappa shape index (κ1) is 18.9. The minimum Gasteiger partial charge on any atom is -0.289 e. The van der Waals surface area contributed by atoms with Crippen molar-refractivity contribution in [1.29, 1.82) is 0 Å². The molecule has 0 amide bonds. The number of carbonyl (C=O) groups excluding carboxylic acids is 1. The van der Waals surface area contributed by atoms with Gasteiger partial charge in [-0.05, 0) is 37.1 Å². The van der Waals surface area contributed by atoms with E-state index in [1.165, 1.54) is 68.9 Å². The molecule has 0 fully saturated rings. The number of allylic oxidation sites excluding steroid dienone is 2. The van der Waals surface area contributed by atoms with Gasteiger partial charge in [0.15, 0.2) is 5.78 Å². The predicted octanol–water partition coefficient (Wildman–Crippen LogP) is 6.66. The topological polar surface area (TPSA) is 17.1 Å². The minimum atomic E-state index is -0.342. The number of hydrogen-bond acceptors (Lipinski definition) is 1. The quantitative estimate of drug-likeness (QED) is 0.252. The number of carbonyl (C=O) groups is 1. The maximum atomic E-state index is 12.8. The Morgan fingerprint density at radius 1 is 1.00 bits per heavy atom. The molecule has 0 N–H and O–H groups in total. The van der Waals surface area contributed by atoms with Crippen LogP contribution in [0, 0.1) is 5.82 Å². The van der Waals surface area contributed by atoms with E-state index in [-0.39, 0.29) is 11.6 Å². The molecule has 3 heteroatoms. The van der Waals surface area contributed by atoms with Gasteiger partial charge in [-0.25, -0.2) is 4.39 Å². The van der Waals surface area contributed by atoms with E-state index >= 15 is 0 Å². The third-order valence-corrected chi connectivity index (χ3v) is 3.98. The largest absolute Gasteiger partial charge is 0.289 e. The molecule has 0 saturated heterocycles. The molecule has 0 aromatic heterocycles. The summed E-state index contributed by atoms with van der Waals surface area (Å²) in [5, 5.41) is 0.584. The second-order valence-corrected chi connectivity index (χ2v) is 6.17. The van der Waals surface area contributed by atoms with Crippen LogP contribution in [0.4, 0.5) is 4.39 Å². The zero-order valence-corrected chi connectivity index (χ0v) is 14.2. The van der Waals surface area contributed by atoms with Crippen LogP contribution in [0.25, 0.3) is 0 Å². The Labute approximate surface area is 138 Å². The summed E-state index contributed by atoms with van der Waals surface area (Å²) in [6, 6.07) is 5.53. The SMILES string of the molecule is CCCCCCCCCC/C(Cl)=C\C(=O)c1ccc(F)cc1. The Morgan fingerprint density at radius 2 is 1.55 bits per heavy atom. The molecule has 0 aliphatic rings. The van der Waals surface area contributed by atoms with Crippen molar-refractivity contribution in [2.45, 2.75) is 64.7 Å². The van der Waals surface area contributed by atoms with Gasteiger partial charge in [0.2, 0.25) is 0 Å². The van der Waals surface area contributed by atoms with Crippen molar-refractivity contribution in [2.24, 2.45) is 0 Å². The van der Waals surface area contributed by atoms with Gasteiger partial charge in [0.25, 0.3) is 0 Å². The van der Waals surface area contributed by atoms with E-state index in [9.17, 15) is 9.18 Å². The highest BCUT2D eigenvalue weighted by atomic mass is 35.5. The van der Waals surface area contributed by atoms with Gasteiger partial charge in [-0.3, -0.25) is 4.79 Å². The van der Waals surface area contributed by atoms with Crippen LogP contribution in [0.5, 0.6) is 0 Å². The molecule has 0 radical (unpaired) electrons. The highest BCUT2D eigenvalue weighted by Gasteiger charge is 2.04. The van der Waals surface area contributed by atoms with Crippen molar-refractivity contribution in [3.8, 4) is 0 Å². The van der Waals surface area contributed by atoms with Crippen molar-refractivity contribution >= 4 is 17.4 Å². The number of rotatable bonds is 11. The van der Waals surface area contributed by atoms with E-state index in [0.717, 1.165) is 19.3 Å².